The second kappa shape index (κ2) is 6.13. The molecular weight excluding hydrogens is 328 g/mol. The molecule has 3 aromatic rings. The Morgan fingerprint density at radius 3 is 2.71 bits per heavy atom. The molecule has 0 atom stereocenters. The molecule has 24 heavy (non-hydrogen) atoms. The molecule has 0 bridgehead atoms. The number of fused-ring (bicyclic) bond motifs is 1. The fraction of sp³-hybridized carbons (Fsp3) is 0.235. The number of hydrogen-bond acceptors (Lipinski definition) is 5. The highest BCUT2D eigenvalue weighted by atomic mass is 35.5. The van der Waals surface area contributed by atoms with Gasteiger partial charge in [-0.25, -0.2) is 4.98 Å². The van der Waals surface area contributed by atoms with Crippen LogP contribution in [0.4, 0.5) is 11.4 Å². The Balaban J connectivity index is 2.06. The standard InChI is InChI=1S/C17H17ClN4O2/c1-9-7-12(15-10(2)21-24-17(15)19-9)16(23)20-13-8-11(18)5-6-14(13)22(3)4/h5-8H,1-4H3,(H,20,23). The molecule has 124 valence electrons. The first-order valence-corrected chi connectivity index (χ1v) is 7.76. The second-order valence-electron chi connectivity index (χ2n) is 5.77. The number of anilines is 2. The lowest BCUT2D eigenvalue weighted by Crippen LogP contribution is -2.17. The Labute approximate surface area is 144 Å². The highest BCUT2D eigenvalue weighted by Crippen LogP contribution is 2.29. The SMILES string of the molecule is Cc1cc(C(=O)Nc2cc(Cl)ccc2N(C)C)c2c(C)noc2n1. The zero-order valence-corrected chi connectivity index (χ0v) is 14.6. The highest BCUT2D eigenvalue weighted by Gasteiger charge is 2.19. The predicted octanol–water partition coefficient (Wildman–Crippen LogP) is 3.81. The van der Waals surface area contributed by atoms with Crippen LogP contribution in [0.15, 0.2) is 28.8 Å². The zero-order valence-electron chi connectivity index (χ0n) is 13.8. The van der Waals surface area contributed by atoms with E-state index in [1.807, 2.05) is 25.1 Å². The molecule has 3 rings (SSSR count). The summed E-state index contributed by atoms with van der Waals surface area (Å²) >= 11 is 6.07. The summed E-state index contributed by atoms with van der Waals surface area (Å²) in [6, 6.07) is 7.09. The van der Waals surface area contributed by atoms with E-state index in [2.05, 4.69) is 15.5 Å². The maximum atomic E-state index is 12.8. The summed E-state index contributed by atoms with van der Waals surface area (Å²) < 4.78 is 5.18. The van der Waals surface area contributed by atoms with Gasteiger partial charge in [0.25, 0.3) is 11.6 Å². The number of amides is 1. The van der Waals surface area contributed by atoms with E-state index in [4.69, 9.17) is 16.1 Å². The van der Waals surface area contributed by atoms with Crippen molar-refractivity contribution in [3.8, 4) is 0 Å². The molecule has 0 fully saturated rings. The van der Waals surface area contributed by atoms with Crippen LogP contribution in [0.25, 0.3) is 11.1 Å². The summed E-state index contributed by atoms with van der Waals surface area (Å²) in [5.74, 6) is -0.262. The van der Waals surface area contributed by atoms with Crippen LogP contribution in [0, 0.1) is 13.8 Å². The van der Waals surface area contributed by atoms with Crippen LogP contribution in [0.2, 0.25) is 5.02 Å². The van der Waals surface area contributed by atoms with Crippen molar-refractivity contribution in [1.82, 2.24) is 10.1 Å². The van der Waals surface area contributed by atoms with Gasteiger partial charge in [0.15, 0.2) is 0 Å². The topological polar surface area (TPSA) is 71.3 Å². The van der Waals surface area contributed by atoms with Crippen molar-refractivity contribution in [2.45, 2.75) is 13.8 Å². The molecule has 0 radical (unpaired) electrons. The Morgan fingerprint density at radius 2 is 2.00 bits per heavy atom. The summed E-state index contributed by atoms with van der Waals surface area (Å²) in [4.78, 5) is 19.0. The fourth-order valence-electron chi connectivity index (χ4n) is 2.58. The van der Waals surface area contributed by atoms with Crippen LogP contribution in [0.3, 0.4) is 0 Å². The number of rotatable bonds is 3. The van der Waals surface area contributed by atoms with Gasteiger partial charge in [-0.2, -0.15) is 0 Å². The number of aryl methyl sites for hydroxylation is 2. The minimum Gasteiger partial charge on any atom is -0.376 e. The average Bonchev–Trinajstić information content (AvgIpc) is 2.87. The smallest absolute Gasteiger partial charge is 0.258 e. The van der Waals surface area contributed by atoms with Gasteiger partial charge in [0, 0.05) is 24.8 Å². The monoisotopic (exact) mass is 344 g/mol. The molecule has 1 amide bonds. The van der Waals surface area contributed by atoms with Gasteiger partial charge in [-0.1, -0.05) is 16.8 Å². The third kappa shape index (κ3) is 2.92. The van der Waals surface area contributed by atoms with Crippen LogP contribution in [0.1, 0.15) is 21.7 Å². The lowest BCUT2D eigenvalue weighted by Gasteiger charge is -2.18. The van der Waals surface area contributed by atoms with Gasteiger partial charge in [-0.3, -0.25) is 4.79 Å². The summed E-state index contributed by atoms with van der Waals surface area (Å²) in [6.07, 6.45) is 0. The molecule has 0 aliphatic heterocycles. The minimum atomic E-state index is -0.262. The molecule has 0 unspecified atom stereocenters. The van der Waals surface area contributed by atoms with Gasteiger partial charge in [-0.15, -0.1) is 0 Å². The van der Waals surface area contributed by atoms with Crippen LogP contribution in [-0.2, 0) is 0 Å². The summed E-state index contributed by atoms with van der Waals surface area (Å²) in [7, 11) is 3.80. The van der Waals surface area contributed by atoms with Gasteiger partial charge in [-0.05, 0) is 38.1 Å². The quantitative estimate of drug-likeness (QED) is 0.782. The molecule has 2 heterocycles. The normalized spacial score (nSPS) is 10.9. The van der Waals surface area contributed by atoms with Crippen molar-refractivity contribution in [2.75, 3.05) is 24.3 Å². The molecule has 6 nitrogen and oxygen atoms in total. The molecule has 2 aromatic heterocycles. The number of nitrogens with zero attached hydrogens (tertiary/aromatic N) is 3. The summed E-state index contributed by atoms with van der Waals surface area (Å²) in [5, 5.41) is 7.99. The molecule has 0 aliphatic carbocycles. The zero-order chi connectivity index (χ0) is 17.4. The molecule has 1 N–H and O–H groups in total. The van der Waals surface area contributed by atoms with E-state index in [0.29, 0.717) is 38.8 Å². The van der Waals surface area contributed by atoms with Crippen molar-refractivity contribution in [1.29, 1.82) is 0 Å². The molecule has 0 saturated carbocycles. The highest BCUT2D eigenvalue weighted by molar-refractivity contribution is 6.31. The average molecular weight is 345 g/mol. The number of pyridine rings is 1. The minimum absolute atomic E-state index is 0.262. The third-order valence-electron chi connectivity index (χ3n) is 3.68. The van der Waals surface area contributed by atoms with E-state index in [-0.39, 0.29) is 5.91 Å². The van der Waals surface area contributed by atoms with E-state index in [9.17, 15) is 4.79 Å². The maximum Gasteiger partial charge on any atom is 0.258 e. The van der Waals surface area contributed by atoms with E-state index < -0.39 is 0 Å². The van der Waals surface area contributed by atoms with Crippen LogP contribution < -0.4 is 10.2 Å². The number of aromatic nitrogens is 2. The summed E-state index contributed by atoms with van der Waals surface area (Å²) in [6.45, 7) is 3.59. The Hall–Kier alpha value is -2.60. The Bertz CT molecular complexity index is 934. The number of benzene rings is 1. The molecule has 0 aliphatic rings. The van der Waals surface area contributed by atoms with Crippen LogP contribution in [-0.4, -0.2) is 30.1 Å². The second-order valence-corrected chi connectivity index (χ2v) is 6.21. The van der Waals surface area contributed by atoms with E-state index in [1.165, 1.54) is 0 Å². The Kier molecular flexibility index (Phi) is 4.15. The van der Waals surface area contributed by atoms with Gasteiger partial charge in [0.05, 0.1) is 28.0 Å². The first-order valence-electron chi connectivity index (χ1n) is 7.38. The van der Waals surface area contributed by atoms with Crippen LogP contribution in [0.5, 0.6) is 0 Å². The number of nitrogens with one attached hydrogen (secondary N) is 1. The molecule has 7 heteroatoms. The lowest BCUT2D eigenvalue weighted by molar-refractivity contribution is 0.102. The van der Waals surface area contributed by atoms with Crippen LogP contribution >= 0.6 is 11.6 Å². The lowest BCUT2D eigenvalue weighted by atomic mass is 10.1. The third-order valence-corrected chi connectivity index (χ3v) is 3.91. The molecule has 0 spiro atoms. The van der Waals surface area contributed by atoms with E-state index in [1.54, 1.807) is 32.0 Å². The predicted molar refractivity (Wildman–Crippen MR) is 95.0 cm³/mol. The largest absolute Gasteiger partial charge is 0.376 e. The van der Waals surface area contributed by atoms with Crippen molar-refractivity contribution in [3.63, 3.8) is 0 Å². The van der Waals surface area contributed by atoms with E-state index in [0.717, 1.165) is 5.69 Å². The van der Waals surface area contributed by atoms with Gasteiger partial charge < -0.3 is 14.7 Å². The number of carbonyl (C=O) groups is 1. The maximum absolute atomic E-state index is 12.8. The van der Waals surface area contributed by atoms with Crippen molar-refractivity contribution >= 4 is 40.0 Å². The van der Waals surface area contributed by atoms with Crippen molar-refractivity contribution in [3.05, 3.63) is 46.2 Å². The first-order chi connectivity index (χ1) is 11.4. The molecular formula is C17H17ClN4O2. The number of carbonyl (C=O) groups excluding carboxylic acids is 1. The first kappa shape index (κ1) is 16.3. The summed E-state index contributed by atoms with van der Waals surface area (Å²) in [5.41, 5.74) is 3.63. The van der Waals surface area contributed by atoms with E-state index >= 15 is 0 Å². The van der Waals surface area contributed by atoms with Gasteiger partial charge >= 0.3 is 0 Å². The van der Waals surface area contributed by atoms with Crippen molar-refractivity contribution in [2.24, 2.45) is 0 Å². The van der Waals surface area contributed by atoms with Crippen molar-refractivity contribution < 1.29 is 9.32 Å². The molecule has 1 aromatic carbocycles. The van der Waals surface area contributed by atoms with Gasteiger partial charge in [0.2, 0.25) is 0 Å². The molecule has 0 saturated heterocycles. The fourth-order valence-corrected chi connectivity index (χ4v) is 2.76. The number of halogens is 1. The number of hydrogen-bond donors (Lipinski definition) is 1. The Morgan fingerprint density at radius 1 is 1.25 bits per heavy atom. The van der Waals surface area contributed by atoms with Gasteiger partial charge in [0.1, 0.15) is 0 Å².